The monoisotopic (exact) mass is 186 g/mol. The molecule has 3 nitrogen and oxygen atoms in total. The minimum absolute atomic E-state index is 0.0374. The summed E-state index contributed by atoms with van der Waals surface area (Å²) in [5.41, 5.74) is -0.0374. The van der Waals surface area contributed by atoms with Crippen LogP contribution in [0.3, 0.4) is 0 Å². The van der Waals surface area contributed by atoms with Gasteiger partial charge < -0.3 is 10.1 Å². The predicted molar refractivity (Wildman–Crippen MR) is 54.7 cm³/mol. The number of hydrogen-bond acceptors (Lipinski definition) is 3. The Hall–Kier alpha value is -0.120. The Labute approximate surface area is 81.4 Å². The molecule has 0 aromatic carbocycles. The van der Waals surface area contributed by atoms with Gasteiger partial charge in [-0.2, -0.15) is 0 Å². The van der Waals surface area contributed by atoms with E-state index in [2.05, 4.69) is 37.9 Å². The Kier molecular flexibility index (Phi) is 3.71. The van der Waals surface area contributed by atoms with Crippen LogP contribution in [0.5, 0.6) is 0 Å². The molecular formula is C10H22N2O. The van der Waals surface area contributed by atoms with Crippen molar-refractivity contribution in [2.24, 2.45) is 0 Å². The molecule has 0 amide bonds. The first-order valence-corrected chi connectivity index (χ1v) is 5.11. The van der Waals surface area contributed by atoms with E-state index in [9.17, 15) is 0 Å². The molecule has 1 unspecified atom stereocenters. The molecule has 1 aliphatic rings. The van der Waals surface area contributed by atoms with E-state index in [-0.39, 0.29) is 11.8 Å². The Bertz CT molecular complexity index is 147. The van der Waals surface area contributed by atoms with Crippen molar-refractivity contribution in [2.75, 3.05) is 26.2 Å². The van der Waals surface area contributed by atoms with Crippen molar-refractivity contribution < 1.29 is 4.74 Å². The molecule has 1 rings (SSSR count). The Morgan fingerprint density at radius 3 is 2.23 bits per heavy atom. The Morgan fingerprint density at radius 2 is 1.77 bits per heavy atom. The first-order chi connectivity index (χ1) is 5.99. The van der Waals surface area contributed by atoms with Crippen LogP contribution in [0.15, 0.2) is 0 Å². The molecule has 0 radical (unpaired) electrons. The number of nitrogens with zero attached hydrogens (tertiary/aromatic N) is 1. The van der Waals surface area contributed by atoms with Gasteiger partial charge in [-0.15, -0.1) is 0 Å². The summed E-state index contributed by atoms with van der Waals surface area (Å²) in [6.07, 6.45) is 0.238. The molecule has 1 saturated heterocycles. The van der Waals surface area contributed by atoms with Crippen LogP contribution in [0.2, 0.25) is 0 Å². The van der Waals surface area contributed by atoms with Crippen molar-refractivity contribution in [1.29, 1.82) is 0 Å². The van der Waals surface area contributed by atoms with Crippen LogP contribution < -0.4 is 5.32 Å². The van der Waals surface area contributed by atoms with Crippen molar-refractivity contribution in [3.05, 3.63) is 0 Å². The smallest absolute Gasteiger partial charge is 0.108 e. The second-order valence-electron chi connectivity index (χ2n) is 4.62. The van der Waals surface area contributed by atoms with E-state index < -0.39 is 0 Å². The third-order valence-corrected chi connectivity index (χ3v) is 2.19. The topological polar surface area (TPSA) is 24.5 Å². The Balaban J connectivity index is 2.33. The molecule has 78 valence electrons. The van der Waals surface area contributed by atoms with E-state index in [1.165, 1.54) is 0 Å². The third kappa shape index (κ3) is 4.07. The maximum absolute atomic E-state index is 5.88. The zero-order chi connectivity index (χ0) is 9.90. The summed E-state index contributed by atoms with van der Waals surface area (Å²) in [4.78, 5) is 2.38. The second-order valence-corrected chi connectivity index (χ2v) is 4.62. The predicted octanol–water partition coefficient (Wildman–Crippen LogP) is 1.05. The first-order valence-electron chi connectivity index (χ1n) is 5.11. The van der Waals surface area contributed by atoms with Gasteiger partial charge in [0.2, 0.25) is 0 Å². The zero-order valence-corrected chi connectivity index (χ0v) is 9.26. The maximum Gasteiger partial charge on any atom is 0.108 e. The van der Waals surface area contributed by atoms with Crippen LogP contribution in [0, 0.1) is 0 Å². The van der Waals surface area contributed by atoms with Crippen LogP contribution in [0.4, 0.5) is 0 Å². The molecule has 1 fully saturated rings. The number of nitrogens with one attached hydrogen (secondary N) is 1. The van der Waals surface area contributed by atoms with E-state index >= 15 is 0 Å². The van der Waals surface area contributed by atoms with E-state index in [0.29, 0.717) is 0 Å². The van der Waals surface area contributed by atoms with Gasteiger partial charge in [-0.25, -0.2) is 0 Å². The van der Waals surface area contributed by atoms with E-state index in [4.69, 9.17) is 4.74 Å². The lowest BCUT2D eigenvalue weighted by atomic mass is 10.2. The summed E-state index contributed by atoms with van der Waals surface area (Å²) in [5, 5.41) is 3.34. The lowest BCUT2D eigenvalue weighted by Crippen LogP contribution is -2.49. The molecular weight excluding hydrogens is 164 g/mol. The number of rotatable bonds is 2. The fourth-order valence-corrected chi connectivity index (χ4v) is 1.63. The molecule has 0 aromatic heterocycles. The molecule has 1 heterocycles. The van der Waals surface area contributed by atoms with Crippen molar-refractivity contribution in [3.8, 4) is 0 Å². The zero-order valence-electron chi connectivity index (χ0n) is 9.26. The molecule has 13 heavy (non-hydrogen) atoms. The van der Waals surface area contributed by atoms with Gasteiger partial charge in [-0.05, 0) is 27.7 Å². The second kappa shape index (κ2) is 4.40. The molecule has 0 bridgehead atoms. The molecule has 0 spiro atoms. The molecule has 0 aromatic rings. The largest absolute Gasteiger partial charge is 0.358 e. The molecule has 0 saturated carbocycles. The lowest BCUT2D eigenvalue weighted by molar-refractivity contribution is -0.125. The van der Waals surface area contributed by atoms with Crippen LogP contribution in [-0.4, -0.2) is 42.9 Å². The maximum atomic E-state index is 5.88. The van der Waals surface area contributed by atoms with Crippen molar-refractivity contribution >= 4 is 0 Å². The number of hydrogen-bond donors (Lipinski definition) is 1. The molecule has 1 N–H and O–H groups in total. The van der Waals surface area contributed by atoms with Crippen LogP contribution in [-0.2, 0) is 4.74 Å². The summed E-state index contributed by atoms with van der Waals surface area (Å²) in [6, 6.07) is 0. The average Bonchev–Trinajstić information content (AvgIpc) is 2.03. The normalized spacial score (nSPS) is 23.1. The van der Waals surface area contributed by atoms with E-state index in [1.54, 1.807) is 0 Å². The SMILES string of the molecule is CC(OC(C)(C)C)N1CCNCC1. The number of ether oxygens (including phenoxy) is 1. The first kappa shape index (κ1) is 11.0. The van der Waals surface area contributed by atoms with E-state index in [1.807, 2.05) is 0 Å². The van der Waals surface area contributed by atoms with Gasteiger partial charge in [0.05, 0.1) is 5.60 Å². The summed E-state index contributed by atoms with van der Waals surface area (Å²) >= 11 is 0. The third-order valence-electron chi connectivity index (χ3n) is 2.19. The lowest BCUT2D eigenvalue weighted by Gasteiger charge is -2.36. The standard InChI is InChI=1S/C10H22N2O/c1-9(13-10(2,3)4)12-7-5-11-6-8-12/h9,11H,5-8H2,1-4H3. The van der Waals surface area contributed by atoms with Crippen LogP contribution in [0.25, 0.3) is 0 Å². The van der Waals surface area contributed by atoms with Crippen molar-refractivity contribution in [1.82, 2.24) is 10.2 Å². The summed E-state index contributed by atoms with van der Waals surface area (Å²) < 4.78 is 5.88. The highest BCUT2D eigenvalue weighted by atomic mass is 16.5. The van der Waals surface area contributed by atoms with Gasteiger partial charge in [0.15, 0.2) is 0 Å². The van der Waals surface area contributed by atoms with Gasteiger partial charge in [0.25, 0.3) is 0 Å². The van der Waals surface area contributed by atoms with Gasteiger partial charge in [0, 0.05) is 26.2 Å². The van der Waals surface area contributed by atoms with E-state index in [0.717, 1.165) is 26.2 Å². The van der Waals surface area contributed by atoms with Crippen molar-refractivity contribution in [2.45, 2.75) is 39.5 Å². The summed E-state index contributed by atoms with van der Waals surface area (Å²) in [7, 11) is 0. The van der Waals surface area contributed by atoms with Crippen LogP contribution >= 0.6 is 0 Å². The summed E-state index contributed by atoms with van der Waals surface area (Å²) in [5.74, 6) is 0. The highest BCUT2D eigenvalue weighted by molar-refractivity contribution is 4.71. The minimum atomic E-state index is -0.0374. The van der Waals surface area contributed by atoms with Crippen LogP contribution in [0.1, 0.15) is 27.7 Å². The molecule has 1 aliphatic heterocycles. The highest BCUT2D eigenvalue weighted by Crippen LogP contribution is 2.13. The fourth-order valence-electron chi connectivity index (χ4n) is 1.63. The van der Waals surface area contributed by atoms with Gasteiger partial charge in [0.1, 0.15) is 6.23 Å². The number of piperazine rings is 1. The minimum Gasteiger partial charge on any atom is -0.358 e. The fraction of sp³-hybridized carbons (Fsp3) is 1.00. The Morgan fingerprint density at radius 1 is 1.23 bits per heavy atom. The molecule has 0 aliphatic carbocycles. The van der Waals surface area contributed by atoms with Gasteiger partial charge in [-0.3, -0.25) is 4.90 Å². The molecule has 3 heteroatoms. The highest BCUT2D eigenvalue weighted by Gasteiger charge is 2.21. The van der Waals surface area contributed by atoms with Gasteiger partial charge >= 0.3 is 0 Å². The van der Waals surface area contributed by atoms with Gasteiger partial charge in [-0.1, -0.05) is 0 Å². The quantitative estimate of drug-likeness (QED) is 0.697. The molecule has 1 atom stereocenters. The average molecular weight is 186 g/mol. The summed E-state index contributed by atoms with van der Waals surface area (Å²) in [6.45, 7) is 12.8. The van der Waals surface area contributed by atoms with Crippen molar-refractivity contribution in [3.63, 3.8) is 0 Å².